The second-order valence-electron chi connectivity index (χ2n) is 6.79. The Hall–Kier alpha value is -2.44. The van der Waals surface area contributed by atoms with Gasteiger partial charge in [-0.25, -0.2) is 0 Å². The number of nitro benzene ring substituents is 1. The van der Waals surface area contributed by atoms with E-state index in [2.05, 4.69) is 0 Å². The standard InChI is InChI=1S/C17H20N2O5/c20-15(10-17(16(21)22)8-1-9-17)18(13-6-7-13)11-12-2-4-14(5-3-12)19(23)24/h2-5,13H,1,6-11H2,(H,21,22). The molecule has 2 saturated carbocycles. The third-order valence-corrected chi connectivity index (χ3v) is 5.06. The zero-order valence-electron chi connectivity index (χ0n) is 13.3. The second kappa shape index (κ2) is 6.22. The number of nitro groups is 1. The van der Waals surface area contributed by atoms with Crippen molar-refractivity contribution in [3.05, 3.63) is 39.9 Å². The van der Waals surface area contributed by atoms with Gasteiger partial charge in [-0.2, -0.15) is 0 Å². The van der Waals surface area contributed by atoms with Gasteiger partial charge in [-0.3, -0.25) is 19.7 Å². The lowest BCUT2D eigenvalue weighted by Crippen LogP contribution is -2.44. The second-order valence-corrected chi connectivity index (χ2v) is 6.79. The van der Waals surface area contributed by atoms with Gasteiger partial charge in [-0.1, -0.05) is 18.6 Å². The van der Waals surface area contributed by atoms with Crippen molar-refractivity contribution in [2.75, 3.05) is 0 Å². The number of carboxylic acids is 1. The summed E-state index contributed by atoms with van der Waals surface area (Å²) >= 11 is 0. The molecular formula is C17H20N2O5. The van der Waals surface area contributed by atoms with Crippen LogP contribution in [0.15, 0.2) is 24.3 Å². The summed E-state index contributed by atoms with van der Waals surface area (Å²) in [5, 5.41) is 20.1. The van der Waals surface area contributed by atoms with Crippen molar-refractivity contribution in [1.29, 1.82) is 0 Å². The predicted molar refractivity (Wildman–Crippen MR) is 85.2 cm³/mol. The molecular weight excluding hydrogens is 312 g/mol. The number of carbonyl (C=O) groups excluding carboxylic acids is 1. The van der Waals surface area contributed by atoms with E-state index in [1.807, 2.05) is 0 Å². The van der Waals surface area contributed by atoms with E-state index in [0.717, 1.165) is 24.8 Å². The molecule has 0 radical (unpaired) electrons. The molecule has 1 aromatic carbocycles. The maximum Gasteiger partial charge on any atom is 0.310 e. The summed E-state index contributed by atoms with van der Waals surface area (Å²) in [5.41, 5.74) is -0.0548. The molecule has 0 aliphatic heterocycles. The lowest BCUT2D eigenvalue weighted by molar-refractivity contribution is -0.384. The van der Waals surface area contributed by atoms with E-state index in [1.165, 1.54) is 12.1 Å². The van der Waals surface area contributed by atoms with Gasteiger partial charge in [0.15, 0.2) is 0 Å². The van der Waals surface area contributed by atoms with E-state index in [4.69, 9.17) is 0 Å². The van der Waals surface area contributed by atoms with Gasteiger partial charge in [-0.05, 0) is 31.2 Å². The number of benzene rings is 1. The minimum absolute atomic E-state index is 0.0161. The Morgan fingerprint density at radius 1 is 1.25 bits per heavy atom. The summed E-state index contributed by atoms with van der Waals surface area (Å²) in [7, 11) is 0. The number of hydrogen-bond acceptors (Lipinski definition) is 4. The van der Waals surface area contributed by atoms with Crippen molar-refractivity contribution in [2.24, 2.45) is 5.41 Å². The maximum atomic E-state index is 12.7. The molecule has 2 aliphatic rings. The fourth-order valence-corrected chi connectivity index (χ4v) is 3.19. The number of non-ortho nitro benzene ring substituents is 1. The molecule has 0 unspecified atom stereocenters. The zero-order chi connectivity index (χ0) is 17.3. The molecule has 24 heavy (non-hydrogen) atoms. The van der Waals surface area contributed by atoms with E-state index in [9.17, 15) is 24.8 Å². The van der Waals surface area contributed by atoms with Crippen LogP contribution in [0.4, 0.5) is 5.69 Å². The van der Waals surface area contributed by atoms with E-state index in [1.54, 1.807) is 17.0 Å². The Kier molecular flexibility index (Phi) is 4.26. The summed E-state index contributed by atoms with van der Waals surface area (Å²) in [6.07, 6.45) is 3.88. The Morgan fingerprint density at radius 3 is 2.29 bits per heavy atom. The fraction of sp³-hybridized carbons (Fsp3) is 0.529. The molecule has 0 heterocycles. The summed E-state index contributed by atoms with van der Waals surface area (Å²) in [4.78, 5) is 36.1. The molecule has 7 heteroatoms. The average Bonchev–Trinajstić information content (AvgIpc) is 3.33. The Morgan fingerprint density at radius 2 is 1.88 bits per heavy atom. The van der Waals surface area contributed by atoms with Gasteiger partial charge < -0.3 is 10.0 Å². The average molecular weight is 332 g/mol. The molecule has 0 aromatic heterocycles. The minimum Gasteiger partial charge on any atom is -0.481 e. The Balaban J connectivity index is 1.69. The first-order chi connectivity index (χ1) is 11.4. The molecule has 0 saturated heterocycles. The van der Waals surface area contributed by atoms with E-state index < -0.39 is 16.3 Å². The molecule has 7 nitrogen and oxygen atoms in total. The topological polar surface area (TPSA) is 101 Å². The molecule has 2 fully saturated rings. The van der Waals surface area contributed by atoms with Crippen LogP contribution in [0.2, 0.25) is 0 Å². The Labute approximate surface area is 139 Å². The molecule has 128 valence electrons. The number of carbonyl (C=O) groups is 2. The van der Waals surface area contributed by atoms with E-state index in [0.29, 0.717) is 19.4 Å². The van der Waals surface area contributed by atoms with Crippen LogP contribution in [0.1, 0.15) is 44.1 Å². The molecule has 0 spiro atoms. The number of aliphatic carboxylic acids is 1. The van der Waals surface area contributed by atoms with E-state index >= 15 is 0 Å². The van der Waals surface area contributed by atoms with Crippen LogP contribution in [0.5, 0.6) is 0 Å². The smallest absolute Gasteiger partial charge is 0.310 e. The normalized spacial score (nSPS) is 18.5. The summed E-state index contributed by atoms with van der Waals surface area (Å²) < 4.78 is 0. The van der Waals surface area contributed by atoms with Crippen LogP contribution in [0, 0.1) is 15.5 Å². The van der Waals surface area contributed by atoms with Gasteiger partial charge in [0.25, 0.3) is 5.69 Å². The molecule has 1 amide bonds. The highest BCUT2D eigenvalue weighted by atomic mass is 16.6. The van der Waals surface area contributed by atoms with Crippen LogP contribution in [-0.4, -0.2) is 32.8 Å². The quantitative estimate of drug-likeness (QED) is 0.611. The van der Waals surface area contributed by atoms with E-state index in [-0.39, 0.29) is 24.1 Å². The summed E-state index contributed by atoms with van der Waals surface area (Å²) in [6, 6.07) is 6.32. The summed E-state index contributed by atoms with van der Waals surface area (Å²) in [6.45, 7) is 0.372. The highest BCUT2D eigenvalue weighted by molar-refractivity contribution is 5.86. The van der Waals surface area contributed by atoms with Crippen molar-refractivity contribution in [3.8, 4) is 0 Å². The lowest BCUT2D eigenvalue weighted by atomic mass is 9.66. The first-order valence-electron chi connectivity index (χ1n) is 8.17. The van der Waals surface area contributed by atoms with Crippen LogP contribution >= 0.6 is 0 Å². The largest absolute Gasteiger partial charge is 0.481 e. The highest BCUT2D eigenvalue weighted by Gasteiger charge is 2.47. The maximum absolute atomic E-state index is 12.7. The van der Waals surface area contributed by atoms with Gasteiger partial charge >= 0.3 is 5.97 Å². The minimum atomic E-state index is -0.889. The SMILES string of the molecule is O=C(CC1(C(=O)O)CCC1)N(Cc1ccc([N+](=O)[O-])cc1)C1CC1. The summed E-state index contributed by atoms with van der Waals surface area (Å²) in [5.74, 6) is -1.01. The number of carboxylic acid groups (broad SMARTS) is 1. The van der Waals surface area contributed by atoms with Crippen molar-refractivity contribution in [3.63, 3.8) is 0 Å². The molecule has 0 bridgehead atoms. The zero-order valence-corrected chi connectivity index (χ0v) is 13.3. The van der Waals surface area contributed by atoms with Crippen molar-refractivity contribution in [1.82, 2.24) is 4.90 Å². The number of rotatable bonds is 7. The van der Waals surface area contributed by atoms with Crippen LogP contribution in [-0.2, 0) is 16.1 Å². The predicted octanol–water partition coefficient (Wildman–Crippen LogP) is 2.73. The van der Waals surface area contributed by atoms with Gasteiger partial charge in [0, 0.05) is 31.1 Å². The first-order valence-corrected chi connectivity index (χ1v) is 8.17. The molecule has 1 N–H and O–H groups in total. The number of nitrogens with zero attached hydrogens (tertiary/aromatic N) is 2. The van der Waals surface area contributed by atoms with Gasteiger partial charge in [-0.15, -0.1) is 0 Å². The van der Waals surface area contributed by atoms with Gasteiger partial charge in [0.05, 0.1) is 10.3 Å². The molecule has 0 atom stereocenters. The molecule has 3 rings (SSSR count). The Bertz CT molecular complexity index is 662. The highest BCUT2D eigenvalue weighted by Crippen LogP contribution is 2.45. The van der Waals surface area contributed by atoms with Crippen LogP contribution < -0.4 is 0 Å². The van der Waals surface area contributed by atoms with Gasteiger partial charge in [0.2, 0.25) is 5.91 Å². The first kappa shape index (κ1) is 16.4. The van der Waals surface area contributed by atoms with Crippen LogP contribution in [0.3, 0.4) is 0 Å². The lowest BCUT2D eigenvalue weighted by Gasteiger charge is -2.38. The fourth-order valence-electron chi connectivity index (χ4n) is 3.19. The van der Waals surface area contributed by atoms with Gasteiger partial charge in [0.1, 0.15) is 0 Å². The third-order valence-electron chi connectivity index (χ3n) is 5.06. The number of hydrogen-bond donors (Lipinski definition) is 1. The molecule has 2 aliphatic carbocycles. The van der Waals surface area contributed by atoms with Crippen molar-refractivity contribution >= 4 is 17.6 Å². The monoisotopic (exact) mass is 332 g/mol. The number of amides is 1. The van der Waals surface area contributed by atoms with Crippen LogP contribution in [0.25, 0.3) is 0 Å². The van der Waals surface area contributed by atoms with Crippen molar-refractivity contribution < 1.29 is 19.6 Å². The molecule has 1 aromatic rings. The third kappa shape index (κ3) is 3.25. The van der Waals surface area contributed by atoms with Crippen molar-refractivity contribution in [2.45, 2.75) is 51.1 Å².